The van der Waals surface area contributed by atoms with Crippen molar-refractivity contribution in [1.82, 2.24) is 4.98 Å². The number of nitrogens with zero attached hydrogens (tertiary/aromatic N) is 1. The van der Waals surface area contributed by atoms with E-state index in [9.17, 15) is 4.79 Å². The molecule has 1 aromatic carbocycles. The van der Waals surface area contributed by atoms with Crippen molar-refractivity contribution < 1.29 is 4.79 Å². The normalized spacial score (nSPS) is 13.2. The zero-order chi connectivity index (χ0) is 14.8. The van der Waals surface area contributed by atoms with Crippen LogP contribution in [-0.2, 0) is 6.42 Å². The molecule has 3 rings (SSSR count). The Morgan fingerprint density at radius 1 is 1.38 bits per heavy atom. The van der Waals surface area contributed by atoms with E-state index in [1.54, 1.807) is 6.20 Å². The lowest BCUT2D eigenvalue weighted by Gasteiger charge is -2.18. The number of carbonyl (C=O) groups is 1. The van der Waals surface area contributed by atoms with Gasteiger partial charge in [-0.2, -0.15) is 0 Å². The number of fused-ring (bicyclic) bond motifs is 1. The number of amides is 1. The van der Waals surface area contributed by atoms with Crippen LogP contribution in [0, 0.1) is 6.92 Å². The first kappa shape index (κ1) is 13.9. The highest BCUT2D eigenvalue weighted by molar-refractivity contribution is 6.32. The first-order valence-electron chi connectivity index (χ1n) is 6.94. The Morgan fingerprint density at radius 3 is 3.10 bits per heavy atom. The number of halogens is 1. The summed E-state index contributed by atoms with van der Waals surface area (Å²) in [6.45, 7) is 2.90. The van der Waals surface area contributed by atoms with Crippen molar-refractivity contribution in [2.75, 3.05) is 17.2 Å². The molecule has 2 heterocycles. The molecule has 0 aliphatic carbocycles. The lowest BCUT2D eigenvalue weighted by atomic mass is 10.0. The number of anilines is 2. The zero-order valence-electron chi connectivity index (χ0n) is 11.7. The van der Waals surface area contributed by atoms with Crippen molar-refractivity contribution in [3.8, 4) is 0 Å². The van der Waals surface area contributed by atoms with Gasteiger partial charge in [0, 0.05) is 24.0 Å². The van der Waals surface area contributed by atoms with Gasteiger partial charge in [0.2, 0.25) is 0 Å². The molecule has 1 aromatic heterocycles. The second-order valence-corrected chi connectivity index (χ2v) is 5.57. The number of hydrogen-bond acceptors (Lipinski definition) is 3. The zero-order valence-corrected chi connectivity index (χ0v) is 12.5. The number of benzene rings is 1. The van der Waals surface area contributed by atoms with Crippen LogP contribution in [-0.4, -0.2) is 17.4 Å². The molecule has 5 heteroatoms. The maximum absolute atomic E-state index is 12.3. The van der Waals surface area contributed by atoms with Crippen molar-refractivity contribution in [3.63, 3.8) is 0 Å². The molecule has 0 saturated carbocycles. The molecule has 0 unspecified atom stereocenters. The SMILES string of the molecule is Cc1cnc(Cl)c(NC(=O)c2ccc3c(c2)CCCN3)c1. The number of pyridine rings is 1. The number of aryl methyl sites for hydroxylation is 2. The van der Waals surface area contributed by atoms with Gasteiger partial charge in [-0.1, -0.05) is 11.6 Å². The number of hydrogen-bond donors (Lipinski definition) is 2. The van der Waals surface area contributed by atoms with Gasteiger partial charge in [-0.05, 0) is 55.2 Å². The molecule has 0 atom stereocenters. The van der Waals surface area contributed by atoms with Crippen molar-refractivity contribution >= 4 is 28.9 Å². The predicted molar refractivity (Wildman–Crippen MR) is 85.2 cm³/mol. The van der Waals surface area contributed by atoms with Gasteiger partial charge in [-0.25, -0.2) is 4.98 Å². The summed E-state index contributed by atoms with van der Waals surface area (Å²) in [5, 5.41) is 6.45. The van der Waals surface area contributed by atoms with Gasteiger partial charge >= 0.3 is 0 Å². The highest BCUT2D eigenvalue weighted by atomic mass is 35.5. The van der Waals surface area contributed by atoms with Crippen molar-refractivity contribution in [3.05, 3.63) is 52.3 Å². The maximum atomic E-state index is 12.3. The van der Waals surface area contributed by atoms with Gasteiger partial charge in [0.25, 0.3) is 5.91 Å². The number of carbonyl (C=O) groups excluding carboxylic acids is 1. The third kappa shape index (κ3) is 3.00. The van der Waals surface area contributed by atoms with Crippen LogP contribution < -0.4 is 10.6 Å². The van der Waals surface area contributed by atoms with Crippen LogP contribution in [0.2, 0.25) is 5.15 Å². The van der Waals surface area contributed by atoms with E-state index in [1.165, 1.54) is 5.56 Å². The maximum Gasteiger partial charge on any atom is 0.255 e. The molecular weight excluding hydrogens is 286 g/mol. The smallest absolute Gasteiger partial charge is 0.255 e. The molecule has 1 aliphatic rings. The van der Waals surface area contributed by atoms with E-state index >= 15 is 0 Å². The van der Waals surface area contributed by atoms with Crippen LogP contribution in [0.15, 0.2) is 30.5 Å². The average Bonchev–Trinajstić information content (AvgIpc) is 2.50. The molecule has 0 radical (unpaired) electrons. The minimum atomic E-state index is -0.169. The molecule has 4 nitrogen and oxygen atoms in total. The molecule has 1 amide bonds. The Bertz CT molecular complexity index is 700. The Morgan fingerprint density at radius 2 is 2.24 bits per heavy atom. The van der Waals surface area contributed by atoms with E-state index in [0.29, 0.717) is 16.4 Å². The van der Waals surface area contributed by atoms with E-state index < -0.39 is 0 Å². The van der Waals surface area contributed by atoms with Gasteiger partial charge in [0.15, 0.2) is 5.15 Å². The second-order valence-electron chi connectivity index (χ2n) is 5.21. The Hall–Kier alpha value is -2.07. The lowest BCUT2D eigenvalue weighted by Crippen LogP contribution is -2.16. The van der Waals surface area contributed by atoms with Crippen molar-refractivity contribution in [2.45, 2.75) is 19.8 Å². The summed E-state index contributed by atoms with van der Waals surface area (Å²) in [5.74, 6) is -0.169. The first-order valence-corrected chi connectivity index (χ1v) is 7.31. The summed E-state index contributed by atoms with van der Waals surface area (Å²) in [7, 11) is 0. The summed E-state index contributed by atoms with van der Waals surface area (Å²) >= 11 is 6.01. The molecule has 0 spiro atoms. The van der Waals surface area contributed by atoms with Gasteiger partial charge in [0.1, 0.15) is 0 Å². The van der Waals surface area contributed by atoms with E-state index in [1.807, 2.05) is 31.2 Å². The quantitative estimate of drug-likeness (QED) is 0.832. The molecule has 0 bridgehead atoms. The fourth-order valence-electron chi connectivity index (χ4n) is 2.45. The van der Waals surface area contributed by atoms with Crippen LogP contribution in [0.4, 0.5) is 11.4 Å². The van der Waals surface area contributed by atoms with E-state index in [0.717, 1.165) is 30.6 Å². The van der Waals surface area contributed by atoms with Gasteiger partial charge in [-0.15, -0.1) is 0 Å². The van der Waals surface area contributed by atoms with Crippen LogP contribution in [0.3, 0.4) is 0 Å². The number of nitrogens with one attached hydrogen (secondary N) is 2. The molecule has 0 saturated heterocycles. The van der Waals surface area contributed by atoms with Crippen LogP contribution in [0.25, 0.3) is 0 Å². The first-order chi connectivity index (χ1) is 10.1. The Balaban J connectivity index is 1.83. The molecule has 2 aromatic rings. The molecule has 108 valence electrons. The summed E-state index contributed by atoms with van der Waals surface area (Å²) in [6, 6.07) is 7.53. The Kier molecular flexibility index (Phi) is 3.80. The third-order valence-corrected chi connectivity index (χ3v) is 3.83. The van der Waals surface area contributed by atoms with Crippen molar-refractivity contribution in [2.24, 2.45) is 0 Å². The Labute approximate surface area is 128 Å². The number of rotatable bonds is 2. The minimum absolute atomic E-state index is 0.169. The number of aromatic nitrogens is 1. The lowest BCUT2D eigenvalue weighted by molar-refractivity contribution is 0.102. The fraction of sp³-hybridized carbons (Fsp3) is 0.250. The standard InChI is InChI=1S/C16H16ClN3O/c1-10-7-14(15(17)19-9-10)20-16(21)12-4-5-13-11(8-12)3-2-6-18-13/h4-5,7-9,18H,2-3,6H2,1H3,(H,20,21). The van der Waals surface area contributed by atoms with Crippen LogP contribution in [0.5, 0.6) is 0 Å². The average molecular weight is 302 g/mol. The molecule has 21 heavy (non-hydrogen) atoms. The fourth-order valence-corrected chi connectivity index (χ4v) is 2.60. The topological polar surface area (TPSA) is 54.0 Å². The molecule has 1 aliphatic heterocycles. The highest BCUT2D eigenvalue weighted by Gasteiger charge is 2.14. The van der Waals surface area contributed by atoms with Gasteiger partial charge in [-0.3, -0.25) is 4.79 Å². The third-order valence-electron chi connectivity index (χ3n) is 3.53. The highest BCUT2D eigenvalue weighted by Crippen LogP contribution is 2.24. The van der Waals surface area contributed by atoms with Crippen LogP contribution in [0.1, 0.15) is 27.9 Å². The van der Waals surface area contributed by atoms with E-state index in [4.69, 9.17) is 11.6 Å². The molecule has 2 N–H and O–H groups in total. The monoisotopic (exact) mass is 301 g/mol. The van der Waals surface area contributed by atoms with Gasteiger partial charge in [0.05, 0.1) is 5.69 Å². The van der Waals surface area contributed by atoms with Crippen molar-refractivity contribution in [1.29, 1.82) is 0 Å². The summed E-state index contributed by atoms with van der Waals surface area (Å²) in [4.78, 5) is 16.4. The molecular formula is C16H16ClN3O. The molecule has 0 fully saturated rings. The van der Waals surface area contributed by atoms with E-state index in [-0.39, 0.29) is 5.91 Å². The van der Waals surface area contributed by atoms with Crippen LogP contribution >= 0.6 is 11.6 Å². The minimum Gasteiger partial charge on any atom is -0.385 e. The van der Waals surface area contributed by atoms with E-state index in [2.05, 4.69) is 15.6 Å². The summed E-state index contributed by atoms with van der Waals surface area (Å²) < 4.78 is 0. The van der Waals surface area contributed by atoms with Gasteiger partial charge < -0.3 is 10.6 Å². The summed E-state index contributed by atoms with van der Waals surface area (Å²) in [5.41, 5.74) is 4.42. The predicted octanol–water partition coefficient (Wildman–Crippen LogP) is 3.65. The largest absolute Gasteiger partial charge is 0.385 e. The summed E-state index contributed by atoms with van der Waals surface area (Å²) in [6.07, 6.45) is 3.75. The second kappa shape index (κ2) is 5.74.